The molecular weight excluding hydrogens is 332 g/mol. The summed E-state index contributed by atoms with van der Waals surface area (Å²) in [5, 5.41) is 14.6. The fourth-order valence-corrected chi connectivity index (χ4v) is 3.53. The molecule has 3 aromatic rings. The molecule has 0 aliphatic heterocycles. The Kier molecular flexibility index (Phi) is 5.82. The monoisotopic (exact) mass is 352 g/mol. The zero-order valence-corrected chi connectivity index (χ0v) is 14.5. The van der Waals surface area contributed by atoms with Gasteiger partial charge >= 0.3 is 0 Å². The second-order valence-corrected chi connectivity index (χ2v) is 6.73. The molecule has 0 fully saturated rings. The number of hydrogen-bond donors (Lipinski definition) is 3. The third-order valence-corrected chi connectivity index (χ3v) is 4.94. The molecule has 3 rings (SSSR count). The third-order valence-electron chi connectivity index (χ3n) is 4.01. The second kappa shape index (κ2) is 8.46. The predicted molar refractivity (Wildman–Crippen MR) is 101 cm³/mol. The Morgan fingerprint density at radius 3 is 2.52 bits per heavy atom. The highest BCUT2D eigenvalue weighted by molar-refractivity contribution is 7.09. The molecule has 4 nitrogen and oxygen atoms in total. The zero-order valence-electron chi connectivity index (χ0n) is 13.7. The van der Waals surface area contributed by atoms with Crippen molar-refractivity contribution in [3.05, 3.63) is 88.1 Å². The molecule has 0 saturated heterocycles. The van der Waals surface area contributed by atoms with Gasteiger partial charge in [-0.1, -0.05) is 48.5 Å². The van der Waals surface area contributed by atoms with Crippen LogP contribution in [0, 0.1) is 0 Å². The lowest BCUT2D eigenvalue weighted by atomic mass is 9.90. The maximum Gasteiger partial charge on any atom is 0.255 e. The molecule has 2 aromatic carbocycles. The number of anilines is 1. The summed E-state index contributed by atoms with van der Waals surface area (Å²) >= 11 is 1.75. The van der Waals surface area contributed by atoms with E-state index in [1.807, 2.05) is 54.6 Å². The normalized spacial score (nSPS) is 11.7. The standard InChI is InChI=1S/C20H20N2O2S/c23-20(22-24)19(15-6-2-1-3-7-15)16-8-4-9-17(14-16)21-12-11-18-10-5-13-25-18/h1-10,13-14,19,21,24H,11-12H2,(H,22,23). The molecule has 0 aliphatic rings. The minimum absolute atomic E-state index is 0.443. The van der Waals surface area contributed by atoms with Gasteiger partial charge < -0.3 is 5.32 Å². The first kappa shape index (κ1) is 17.2. The lowest BCUT2D eigenvalue weighted by molar-refractivity contribution is -0.129. The number of rotatable bonds is 7. The van der Waals surface area contributed by atoms with Gasteiger partial charge in [0.15, 0.2) is 0 Å². The molecular formula is C20H20N2O2S. The van der Waals surface area contributed by atoms with Gasteiger partial charge in [-0.3, -0.25) is 10.0 Å². The van der Waals surface area contributed by atoms with Gasteiger partial charge in [0.05, 0.1) is 5.92 Å². The maximum atomic E-state index is 12.2. The Morgan fingerprint density at radius 2 is 1.80 bits per heavy atom. The predicted octanol–water partition coefficient (Wildman–Crippen LogP) is 4.04. The van der Waals surface area contributed by atoms with Gasteiger partial charge in [-0.25, -0.2) is 5.48 Å². The minimum Gasteiger partial charge on any atom is -0.385 e. The molecule has 0 radical (unpaired) electrons. The Balaban J connectivity index is 1.76. The number of hydroxylamine groups is 1. The summed E-state index contributed by atoms with van der Waals surface area (Å²) < 4.78 is 0. The van der Waals surface area contributed by atoms with Crippen LogP contribution in [0.25, 0.3) is 0 Å². The highest BCUT2D eigenvalue weighted by Gasteiger charge is 2.22. The molecule has 1 heterocycles. The highest BCUT2D eigenvalue weighted by Crippen LogP contribution is 2.27. The Hall–Kier alpha value is -2.63. The average molecular weight is 352 g/mol. The van der Waals surface area contributed by atoms with E-state index in [0.717, 1.165) is 29.8 Å². The van der Waals surface area contributed by atoms with Gasteiger partial charge in [0.25, 0.3) is 5.91 Å². The molecule has 0 bridgehead atoms. The van der Waals surface area contributed by atoms with Crippen LogP contribution in [-0.4, -0.2) is 17.7 Å². The third kappa shape index (κ3) is 4.47. The van der Waals surface area contributed by atoms with Gasteiger partial charge in [-0.2, -0.15) is 0 Å². The van der Waals surface area contributed by atoms with Crippen molar-refractivity contribution < 1.29 is 10.0 Å². The van der Waals surface area contributed by atoms with Gasteiger partial charge in [0.1, 0.15) is 0 Å². The van der Waals surface area contributed by atoms with Crippen molar-refractivity contribution in [3.63, 3.8) is 0 Å². The largest absolute Gasteiger partial charge is 0.385 e. The van der Waals surface area contributed by atoms with Crippen molar-refractivity contribution in [3.8, 4) is 0 Å². The number of thiophene rings is 1. The fraction of sp³-hybridized carbons (Fsp3) is 0.150. The topological polar surface area (TPSA) is 61.4 Å². The van der Waals surface area contributed by atoms with E-state index in [1.54, 1.807) is 16.8 Å². The van der Waals surface area contributed by atoms with Crippen LogP contribution in [0.1, 0.15) is 21.9 Å². The molecule has 0 saturated carbocycles. The Morgan fingerprint density at radius 1 is 1.00 bits per heavy atom. The summed E-state index contributed by atoms with van der Waals surface area (Å²) in [4.78, 5) is 13.6. The van der Waals surface area contributed by atoms with Crippen molar-refractivity contribution in [1.82, 2.24) is 5.48 Å². The lowest BCUT2D eigenvalue weighted by Gasteiger charge is -2.17. The van der Waals surface area contributed by atoms with E-state index in [2.05, 4.69) is 22.8 Å². The Bertz CT molecular complexity index is 804. The van der Waals surface area contributed by atoms with Crippen LogP contribution in [-0.2, 0) is 11.2 Å². The van der Waals surface area contributed by atoms with Gasteiger partial charge in [-0.05, 0) is 41.1 Å². The van der Waals surface area contributed by atoms with E-state index in [1.165, 1.54) is 4.88 Å². The molecule has 0 aliphatic carbocycles. The number of nitrogens with one attached hydrogen (secondary N) is 2. The fourth-order valence-electron chi connectivity index (χ4n) is 2.82. The summed E-state index contributed by atoms with van der Waals surface area (Å²) in [6.45, 7) is 0.826. The molecule has 1 atom stereocenters. The van der Waals surface area contributed by atoms with E-state index >= 15 is 0 Å². The molecule has 25 heavy (non-hydrogen) atoms. The maximum absolute atomic E-state index is 12.2. The van der Waals surface area contributed by atoms with Crippen LogP contribution in [0.3, 0.4) is 0 Å². The number of carbonyl (C=O) groups excluding carboxylic acids is 1. The van der Waals surface area contributed by atoms with Crippen molar-refractivity contribution in [2.45, 2.75) is 12.3 Å². The van der Waals surface area contributed by atoms with Gasteiger partial charge in [-0.15, -0.1) is 11.3 Å². The van der Waals surface area contributed by atoms with Crippen LogP contribution >= 0.6 is 11.3 Å². The summed E-state index contributed by atoms with van der Waals surface area (Å²) in [5.74, 6) is -0.993. The summed E-state index contributed by atoms with van der Waals surface area (Å²) in [6.07, 6.45) is 0.959. The van der Waals surface area contributed by atoms with Crippen LogP contribution in [0.4, 0.5) is 5.69 Å². The first-order valence-electron chi connectivity index (χ1n) is 8.13. The van der Waals surface area contributed by atoms with E-state index < -0.39 is 11.8 Å². The highest BCUT2D eigenvalue weighted by atomic mass is 32.1. The van der Waals surface area contributed by atoms with Crippen molar-refractivity contribution in [1.29, 1.82) is 0 Å². The second-order valence-electron chi connectivity index (χ2n) is 5.70. The quantitative estimate of drug-likeness (QED) is 0.444. The minimum atomic E-state index is -0.551. The summed E-state index contributed by atoms with van der Waals surface area (Å²) in [5.41, 5.74) is 4.41. The number of benzene rings is 2. The molecule has 1 amide bonds. The van der Waals surface area contributed by atoms with Crippen LogP contribution in [0.2, 0.25) is 0 Å². The zero-order chi connectivity index (χ0) is 17.5. The van der Waals surface area contributed by atoms with E-state index in [4.69, 9.17) is 5.21 Å². The molecule has 128 valence electrons. The van der Waals surface area contributed by atoms with Crippen LogP contribution < -0.4 is 10.8 Å². The van der Waals surface area contributed by atoms with E-state index in [9.17, 15) is 4.79 Å². The van der Waals surface area contributed by atoms with Crippen molar-refractivity contribution >= 4 is 22.9 Å². The Labute approximate surface area is 151 Å². The van der Waals surface area contributed by atoms with Crippen molar-refractivity contribution in [2.75, 3.05) is 11.9 Å². The molecule has 1 unspecified atom stereocenters. The molecule has 1 aromatic heterocycles. The molecule has 0 spiro atoms. The first-order valence-corrected chi connectivity index (χ1v) is 9.01. The SMILES string of the molecule is O=C(NO)C(c1ccccc1)c1cccc(NCCc2cccs2)c1. The number of amides is 1. The van der Waals surface area contributed by atoms with Gasteiger partial charge in [0.2, 0.25) is 0 Å². The van der Waals surface area contributed by atoms with Crippen LogP contribution in [0.5, 0.6) is 0 Å². The average Bonchev–Trinajstić information content (AvgIpc) is 3.16. The molecule has 3 N–H and O–H groups in total. The lowest BCUT2D eigenvalue weighted by Crippen LogP contribution is -2.27. The van der Waals surface area contributed by atoms with E-state index in [-0.39, 0.29) is 0 Å². The first-order chi connectivity index (χ1) is 12.3. The van der Waals surface area contributed by atoms with Crippen molar-refractivity contribution in [2.24, 2.45) is 0 Å². The summed E-state index contributed by atoms with van der Waals surface area (Å²) in [6, 6.07) is 21.4. The van der Waals surface area contributed by atoms with E-state index in [0.29, 0.717) is 0 Å². The number of carbonyl (C=O) groups is 1. The molecule has 5 heteroatoms. The van der Waals surface area contributed by atoms with Crippen LogP contribution in [0.15, 0.2) is 72.1 Å². The summed E-state index contributed by atoms with van der Waals surface area (Å²) in [7, 11) is 0. The van der Waals surface area contributed by atoms with Gasteiger partial charge in [0, 0.05) is 17.1 Å². The number of hydrogen-bond acceptors (Lipinski definition) is 4. The smallest absolute Gasteiger partial charge is 0.255 e.